The maximum Gasteiger partial charge on any atom is 0.137 e. The summed E-state index contributed by atoms with van der Waals surface area (Å²) in [6, 6.07) is 0.686. The van der Waals surface area contributed by atoms with Crippen molar-refractivity contribution in [3.05, 3.63) is 11.9 Å². The SMILES string of the molecule is CNc1ncnc(N(CCC(C)C)C2CC2)c1C(C)C. The lowest BCUT2D eigenvalue weighted by atomic mass is 10.0. The number of nitrogens with one attached hydrogen (secondary N) is 1. The molecule has 1 aromatic rings. The minimum absolute atomic E-state index is 0.425. The van der Waals surface area contributed by atoms with Gasteiger partial charge in [-0.15, -0.1) is 0 Å². The van der Waals surface area contributed by atoms with Gasteiger partial charge in [0, 0.05) is 25.2 Å². The van der Waals surface area contributed by atoms with Crippen LogP contribution in [-0.4, -0.2) is 29.6 Å². The molecule has 1 N–H and O–H groups in total. The van der Waals surface area contributed by atoms with Crippen LogP contribution in [0.15, 0.2) is 6.33 Å². The standard InChI is InChI=1S/C16H28N4/c1-11(2)8-9-20(13-6-7-13)16-14(12(3)4)15(17-5)18-10-19-16/h10-13H,6-9H2,1-5H3,(H,17,18,19). The van der Waals surface area contributed by atoms with E-state index in [9.17, 15) is 0 Å². The molecule has 0 spiro atoms. The van der Waals surface area contributed by atoms with E-state index in [-0.39, 0.29) is 0 Å². The van der Waals surface area contributed by atoms with Gasteiger partial charge < -0.3 is 10.2 Å². The summed E-state index contributed by atoms with van der Waals surface area (Å²) >= 11 is 0. The van der Waals surface area contributed by atoms with E-state index < -0.39 is 0 Å². The highest BCUT2D eigenvalue weighted by Crippen LogP contribution is 2.37. The third kappa shape index (κ3) is 3.41. The molecule has 1 heterocycles. The van der Waals surface area contributed by atoms with Crippen molar-refractivity contribution in [2.75, 3.05) is 23.8 Å². The summed E-state index contributed by atoms with van der Waals surface area (Å²) in [5, 5.41) is 3.22. The van der Waals surface area contributed by atoms with Crippen molar-refractivity contribution in [3.63, 3.8) is 0 Å². The average molecular weight is 276 g/mol. The van der Waals surface area contributed by atoms with Crippen molar-refractivity contribution < 1.29 is 0 Å². The molecule has 0 aromatic carbocycles. The first-order chi connectivity index (χ1) is 9.54. The summed E-state index contributed by atoms with van der Waals surface area (Å²) in [4.78, 5) is 11.5. The van der Waals surface area contributed by atoms with E-state index in [2.05, 4.69) is 47.9 Å². The average Bonchev–Trinajstić information content (AvgIpc) is 3.22. The van der Waals surface area contributed by atoms with Crippen molar-refractivity contribution in [2.45, 2.75) is 58.9 Å². The fraction of sp³-hybridized carbons (Fsp3) is 0.750. The molecule has 112 valence electrons. The zero-order valence-electron chi connectivity index (χ0n) is 13.5. The van der Waals surface area contributed by atoms with Crippen molar-refractivity contribution >= 4 is 11.6 Å². The van der Waals surface area contributed by atoms with Crippen molar-refractivity contribution in [3.8, 4) is 0 Å². The Labute approximate surface area is 123 Å². The normalized spacial score (nSPS) is 14.9. The van der Waals surface area contributed by atoms with E-state index in [1.54, 1.807) is 6.33 Å². The van der Waals surface area contributed by atoms with Gasteiger partial charge in [0.1, 0.15) is 18.0 Å². The maximum atomic E-state index is 4.62. The summed E-state index contributed by atoms with van der Waals surface area (Å²) in [6.45, 7) is 10.1. The Bertz CT molecular complexity index is 438. The van der Waals surface area contributed by atoms with Gasteiger partial charge >= 0.3 is 0 Å². The highest BCUT2D eigenvalue weighted by molar-refractivity contribution is 5.61. The molecule has 4 heteroatoms. The van der Waals surface area contributed by atoms with Crippen molar-refractivity contribution in [1.29, 1.82) is 0 Å². The number of anilines is 2. The number of hydrogen-bond acceptors (Lipinski definition) is 4. The molecule has 20 heavy (non-hydrogen) atoms. The van der Waals surface area contributed by atoms with Crippen LogP contribution in [0.4, 0.5) is 11.6 Å². The summed E-state index contributed by atoms with van der Waals surface area (Å²) in [7, 11) is 1.94. The van der Waals surface area contributed by atoms with Crippen molar-refractivity contribution in [1.82, 2.24) is 9.97 Å². The first-order valence-electron chi connectivity index (χ1n) is 7.83. The van der Waals surface area contributed by atoms with Gasteiger partial charge in [-0.2, -0.15) is 0 Å². The van der Waals surface area contributed by atoms with Crippen LogP contribution in [0.1, 0.15) is 58.4 Å². The van der Waals surface area contributed by atoms with Gasteiger partial charge in [-0.25, -0.2) is 9.97 Å². The summed E-state index contributed by atoms with van der Waals surface area (Å²) in [5.41, 5.74) is 1.26. The second kappa shape index (κ2) is 6.42. The third-order valence-electron chi connectivity index (χ3n) is 3.88. The maximum absolute atomic E-state index is 4.62. The van der Waals surface area contributed by atoms with Crippen LogP contribution in [-0.2, 0) is 0 Å². The van der Waals surface area contributed by atoms with Crippen LogP contribution in [0.2, 0.25) is 0 Å². The second-order valence-electron chi connectivity index (χ2n) is 6.47. The molecule has 4 nitrogen and oxygen atoms in total. The number of hydrogen-bond donors (Lipinski definition) is 1. The largest absolute Gasteiger partial charge is 0.373 e. The van der Waals surface area contributed by atoms with E-state index in [0.29, 0.717) is 12.0 Å². The fourth-order valence-corrected chi connectivity index (χ4v) is 2.59. The van der Waals surface area contributed by atoms with Gasteiger partial charge in [-0.05, 0) is 31.1 Å². The smallest absolute Gasteiger partial charge is 0.137 e. The molecule has 1 fully saturated rings. The highest BCUT2D eigenvalue weighted by Gasteiger charge is 2.32. The number of aromatic nitrogens is 2. The Kier molecular flexibility index (Phi) is 4.84. The topological polar surface area (TPSA) is 41.1 Å². The Balaban J connectivity index is 2.32. The molecule has 0 bridgehead atoms. The Morgan fingerprint density at radius 2 is 1.95 bits per heavy atom. The van der Waals surface area contributed by atoms with Gasteiger partial charge in [0.2, 0.25) is 0 Å². The summed E-state index contributed by atoms with van der Waals surface area (Å²) < 4.78 is 0. The molecule has 1 aliphatic rings. The number of nitrogens with zero attached hydrogens (tertiary/aromatic N) is 3. The lowest BCUT2D eigenvalue weighted by Crippen LogP contribution is -2.30. The van der Waals surface area contributed by atoms with E-state index in [1.165, 1.54) is 24.8 Å². The Morgan fingerprint density at radius 1 is 1.25 bits per heavy atom. The molecule has 1 aromatic heterocycles. The van der Waals surface area contributed by atoms with Gasteiger partial charge in [0.05, 0.1) is 0 Å². The molecule has 0 aliphatic heterocycles. The lowest BCUT2D eigenvalue weighted by Gasteiger charge is -2.28. The van der Waals surface area contributed by atoms with E-state index in [0.717, 1.165) is 24.1 Å². The molecular formula is C16H28N4. The highest BCUT2D eigenvalue weighted by atomic mass is 15.2. The summed E-state index contributed by atoms with van der Waals surface area (Å²) in [5.74, 6) is 3.26. The zero-order valence-corrected chi connectivity index (χ0v) is 13.5. The molecule has 0 amide bonds. The van der Waals surface area contributed by atoms with Crippen LogP contribution in [0.25, 0.3) is 0 Å². The first-order valence-corrected chi connectivity index (χ1v) is 7.83. The van der Waals surface area contributed by atoms with Crippen molar-refractivity contribution in [2.24, 2.45) is 5.92 Å². The minimum Gasteiger partial charge on any atom is -0.373 e. The predicted octanol–water partition coefficient (Wildman–Crippen LogP) is 3.66. The minimum atomic E-state index is 0.425. The fourth-order valence-electron chi connectivity index (χ4n) is 2.59. The Morgan fingerprint density at radius 3 is 2.45 bits per heavy atom. The van der Waals surface area contributed by atoms with Crippen LogP contribution in [0, 0.1) is 5.92 Å². The zero-order chi connectivity index (χ0) is 14.7. The lowest BCUT2D eigenvalue weighted by molar-refractivity contribution is 0.566. The molecule has 0 saturated heterocycles. The van der Waals surface area contributed by atoms with E-state index in [4.69, 9.17) is 0 Å². The second-order valence-corrected chi connectivity index (χ2v) is 6.47. The monoisotopic (exact) mass is 276 g/mol. The number of rotatable bonds is 7. The molecule has 0 radical (unpaired) electrons. The molecule has 2 rings (SSSR count). The molecule has 1 aliphatic carbocycles. The van der Waals surface area contributed by atoms with Crippen LogP contribution < -0.4 is 10.2 Å². The van der Waals surface area contributed by atoms with Crippen LogP contribution in [0.5, 0.6) is 0 Å². The molecule has 1 saturated carbocycles. The van der Waals surface area contributed by atoms with Gasteiger partial charge in [0.15, 0.2) is 0 Å². The molecule has 0 atom stereocenters. The Hall–Kier alpha value is -1.32. The van der Waals surface area contributed by atoms with E-state index >= 15 is 0 Å². The van der Waals surface area contributed by atoms with Gasteiger partial charge in [0.25, 0.3) is 0 Å². The van der Waals surface area contributed by atoms with E-state index in [1.807, 2.05) is 7.05 Å². The van der Waals surface area contributed by atoms with Crippen LogP contribution in [0.3, 0.4) is 0 Å². The molecule has 0 unspecified atom stereocenters. The third-order valence-corrected chi connectivity index (χ3v) is 3.88. The predicted molar refractivity (Wildman–Crippen MR) is 85.5 cm³/mol. The van der Waals surface area contributed by atoms with Gasteiger partial charge in [-0.3, -0.25) is 0 Å². The summed E-state index contributed by atoms with van der Waals surface area (Å²) in [6.07, 6.45) is 5.51. The first kappa shape index (κ1) is 15.1. The van der Waals surface area contributed by atoms with Gasteiger partial charge in [-0.1, -0.05) is 27.7 Å². The van der Waals surface area contributed by atoms with Crippen LogP contribution >= 0.6 is 0 Å². The quantitative estimate of drug-likeness (QED) is 0.825. The molecular weight excluding hydrogens is 248 g/mol.